The van der Waals surface area contributed by atoms with Gasteiger partial charge in [-0.05, 0) is 20.8 Å². The first-order chi connectivity index (χ1) is 10.1. The standard InChI is InChI=1S/C15H23N3O3/c1-4-18(5-2)15(19)10(3)17-12-9-14-13(8-11(12)16)20-6-7-21-14/h8-10,17H,4-7,16H2,1-3H3. The molecule has 0 spiro atoms. The van der Waals surface area contributed by atoms with E-state index in [1.165, 1.54) is 0 Å². The molecule has 1 heterocycles. The Morgan fingerprint density at radius 1 is 1.29 bits per heavy atom. The number of likely N-dealkylation sites (N-methyl/N-ethyl adjacent to an activating group) is 1. The van der Waals surface area contributed by atoms with Crippen molar-refractivity contribution in [2.75, 3.05) is 37.4 Å². The normalized spacial score (nSPS) is 14.4. The van der Waals surface area contributed by atoms with Gasteiger partial charge in [0.05, 0.1) is 11.4 Å². The average Bonchev–Trinajstić information content (AvgIpc) is 2.49. The van der Waals surface area contributed by atoms with E-state index in [1.807, 2.05) is 20.8 Å². The van der Waals surface area contributed by atoms with Crippen LogP contribution in [0.4, 0.5) is 11.4 Å². The lowest BCUT2D eigenvalue weighted by Gasteiger charge is -2.25. The molecule has 0 aliphatic carbocycles. The number of nitrogens with one attached hydrogen (secondary N) is 1. The van der Waals surface area contributed by atoms with Crippen molar-refractivity contribution < 1.29 is 14.3 Å². The molecule has 1 atom stereocenters. The summed E-state index contributed by atoms with van der Waals surface area (Å²) < 4.78 is 11.0. The van der Waals surface area contributed by atoms with Crippen molar-refractivity contribution in [3.63, 3.8) is 0 Å². The third-order valence-electron chi connectivity index (χ3n) is 3.53. The number of fused-ring (bicyclic) bond motifs is 1. The van der Waals surface area contributed by atoms with Crippen LogP contribution in [-0.2, 0) is 4.79 Å². The molecule has 6 heteroatoms. The number of hydrogen-bond acceptors (Lipinski definition) is 5. The number of nitrogens with zero attached hydrogens (tertiary/aromatic N) is 1. The fourth-order valence-corrected chi connectivity index (χ4v) is 2.33. The van der Waals surface area contributed by atoms with E-state index in [4.69, 9.17) is 15.2 Å². The summed E-state index contributed by atoms with van der Waals surface area (Å²) in [6.07, 6.45) is 0. The maximum Gasteiger partial charge on any atom is 0.244 e. The third-order valence-corrected chi connectivity index (χ3v) is 3.53. The number of hydrogen-bond donors (Lipinski definition) is 2. The third kappa shape index (κ3) is 3.32. The molecule has 1 aliphatic rings. The van der Waals surface area contributed by atoms with Crippen molar-refractivity contribution >= 4 is 17.3 Å². The molecular formula is C15H23N3O3. The molecule has 3 N–H and O–H groups in total. The molecule has 0 bridgehead atoms. The number of nitrogen functional groups attached to an aromatic ring is 1. The smallest absolute Gasteiger partial charge is 0.244 e. The molecule has 116 valence electrons. The molecule has 1 aliphatic heterocycles. The molecule has 6 nitrogen and oxygen atoms in total. The van der Waals surface area contributed by atoms with Gasteiger partial charge in [-0.25, -0.2) is 0 Å². The highest BCUT2D eigenvalue weighted by Crippen LogP contribution is 2.37. The van der Waals surface area contributed by atoms with Crippen LogP contribution < -0.4 is 20.5 Å². The predicted molar refractivity (Wildman–Crippen MR) is 82.9 cm³/mol. The summed E-state index contributed by atoms with van der Waals surface area (Å²) in [6, 6.07) is 3.16. The molecule has 0 radical (unpaired) electrons. The van der Waals surface area contributed by atoms with Crippen LogP contribution in [0.2, 0.25) is 0 Å². The first-order valence-corrected chi connectivity index (χ1v) is 7.31. The van der Waals surface area contributed by atoms with Gasteiger partial charge in [0.1, 0.15) is 19.3 Å². The summed E-state index contributed by atoms with van der Waals surface area (Å²) in [7, 11) is 0. The second-order valence-corrected chi connectivity index (χ2v) is 4.96. The van der Waals surface area contributed by atoms with Gasteiger partial charge in [-0.15, -0.1) is 0 Å². The van der Waals surface area contributed by atoms with Crippen LogP contribution in [0.25, 0.3) is 0 Å². The lowest BCUT2D eigenvalue weighted by molar-refractivity contribution is -0.131. The topological polar surface area (TPSA) is 76.8 Å². The fraction of sp³-hybridized carbons (Fsp3) is 0.533. The van der Waals surface area contributed by atoms with Crippen LogP contribution in [0.3, 0.4) is 0 Å². The molecule has 0 saturated heterocycles. The number of ether oxygens (including phenoxy) is 2. The van der Waals surface area contributed by atoms with E-state index in [-0.39, 0.29) is 11.9 Å². The summed E-state index contributed by atoms with van der Waals surface area (Å²) in [6.45, 7) is 8.19. The van der Waals surface area contributed by atoms with Gasteiger partial charge in [0.25, 0.3) is 0 Å². The molecular weight excluding hydrogens is 270 g/mol. The van der Waals surface area contributed by atoms with Crippen molar-refractivity contribution in [3.8, 4) is 11.5 Å². The number of carbonyl (C=O) groups is 1. The SMILES string of the molecule is CCN(CC)C(=O)C(C)Nc1cc2c(cc1N)OCCO2. The van der Waals surface area contributed by atoms with Crippen LogP contribution in [0, 0.1) is 0 Å². The van der Waals surface area contributed by atoms with E-state index in [1.54, 1.807) is 17.0 Å². The zero-order valence-electron chi connectivity index (χ0n) is 12.8. The van der Waals surface area contributed by atoms with Crippen molar-refractivity contribution in [2.24, 2.45) is 0 Å². The number of benzene rings is 1. The van der Waals surface area contributed by atoms with Crippen LogP contribution in [0.15, 0.2) is 12.1 Å². The highest BCUT2D eigenvalue weighted by atomic mass is 16.6. The highest BCUT2D eigenvalue weighted by Gasteiger charge is 2.20. The van der Waals surface area contributed by atoms with E-state index in [9.17, 15) is 4.79 Å². The second-order valence-electron chi connectivity index (χ2n) is 4.96. The largest absolute Gasteiger partial charge is 0.486 e. The quantitative estimate of drug-likeness (QED) is 0.808. The molecule has 21 heavy (non-hydrogen) atoms. The van der Waals surface area contributed by atoms with Gasteiger partial charge in [-0.1, -0.05) is 0 Å². The number of amides is 1. The maximum atomic E-state index is 12.3. The summed E-state index contributed by atoms with van der Waals surface area (Å²) >= 11 is 0. The molecule has 0 fully saturated rings. The van der Waals surface area contributed by atoms with Crippen LogP contribution in [0.1, 0.15) is 20.8 Å². The van der Waals surface area contributed by atoms with E-state index < -0.39 is 0 Å². The molecule has 0 aromatic heterocycles. The number of nitrogens with two attached hydrogens (primary N) is 1. The van der Waals surface area contributed by atoms with Crippen LogP contribution in [0.5, 0.6) is 11.5 Å². The average molecular weight is 293 g/mol. The Bertz CT molecular complexity index is 515. The van der Waals surface area contributed by atoms with Gasteiger partial charge in [0.2, 0.25) is 5.91 Å². The molecule has 2 rings (SSSR count). The van der Waals surface area contributed by atoms with E-state index >= 15 is 0 Å². The Kier molecular flexibility index (Phi) is 4.77. The number of rotatable bonds is 5. The van der Waals surface area contributed by atoms with Gasteiger partial charge >= 0.3 is 0 Å². The van der Waals surface area contributed by atoms with Crippen molar-refractivity contribution in [2.45, 2.75) is 26.8 Å². The Morgan fingerprint density at radius 2 is 1.86 bits per heavy atom. The van der Waals surface area contributed by atoms with Crippen molar-refractivity contribution in [1.29, 1.82) is 0 Å². The van der Waals surface area contributed by atoms with E-state index in [0.29, 0.717) is 49.2 Å². The Balaban J connectivity index is 2.13. The predicted octanol–water partition coefficient (Wildman–Crippen LogP) is 1.71. The highest BCUT2D eigenvalue weighted by molar-refractivity contribution is 5.86. The molecule has 1 aromatic rings. The zero-order chi connectivity index (χ0) is 15.4. The Labute approximate surface area is 125 Å². The van der Waals surface area contributed by atoms with Gasteiger partial charge in [-0.3, -0.25) is 4.79 Å². The van der Waals surface area contributed by atoms with Gasteiger partial charge in [0.15, 0.2) is 11.5 Å². The van der Waals surface area contributed by atoms with Crippen molar-refractivity contribution in [1.82, 2.24) is 4.90 Å². The van der Waals surface area contributed by atoms with Crippen molar-refractivity contribution in [3.05, 3.63) is 12.1 Å². The zero-order valence-corrected chi connectivity index (χ0v) is 12.8. The fourth-order valence-electron chi connectivity index (χ4n) is 2.33. The molecule has 1 unspecified atom stereocenters. The molecule has 1 amide bonds. The Hall–Kier alpha value is -2.11. The summed E-state index contributed by atoms with van der Waals surface area (Å²) in [5, 5.41) is 3.16. The van der Waals surface area contributed by atoms with Crippen LogP contribution in [-0.4, -0.2) is 43.2 Å². The first-order valence-electron chi connectivity index (χ1n) is 7.31. The van der Waals surface area contributed by atoms with Gasteiger partial charge in [0, 0.05) is 25.2 Å². The van der Waals surface area contributed by atoms with Gasteiger partial charge < -0.3 is 25.4 Å². The minimum absolute atomic E-state index is 0.0503. The minimum Gasteiger partial charge on any atom is -0.486 e. The second kappa shape index (κ2) is 6.56. The van der Waals surface area contributed by atoms with E-state index in [0.717, 1.165) is 0 Å². The number of carbonyl (C=O) groups excluding carboxylic acids is 1. The molecule has 1 aromatic carbocycles. The van der Waals surface area contributed by atoms with Gasteiger partial charge in [-0.2, -0.15) is 0 Å². The summed E-state index contributed by atoms with van der Waals surface area (Å²) in [5.41, 5.74) is 7.24. The molecule has 0 saturated carbocycles. The summed E-state index contributed by atoms with van der Waals surface area (Å²) in [5.74, 6) is 1.35. The van der Waals surface area contributed by atoms with Crippen LogP contribution >= 0.6 is 0 Å². The minimum atomic E-state index is -0.352. The maximum absolute atomic E-state index is 12.3. The van der Waals surface area contributed by atoms with E-state index in [2.05, 4.69) is 5.32 Å². The monoisotopic (exact) mass is 293 g/mol. The lowest BCUT2D eigenvalue weighted by Crippen LogP contribution is -2.41. The lowest BCUT2D eigenvalue weighted by atomic mass is 10.2. The first kappa shape index (κ1) is 15.3. The number of anilines is 2. The Morgan fingerprint density at radius 3 is 2.43 bits per heavy atom. The summed E-state index contributed by atoms with van der Waals surface area (Å²) in [4.78, 5) is 14.1.